The van der Waals surface area contributed by atoms with Crippen molar-refractivity contribution in [1.29, 1.82) is 0 Å². The number of amides is 1. The Kier molecular flexibility index (Phi) is 2.27. The Labute approximate surface area is 61.4 Å². The minimum absolute atomic E-state index is 0.0783. The van der Waals surface area contributed by atoms with E-state index in [1.54, 1.807) is 6.92 Å². The van der Waals surface area contributed by atoms with Gasteiger partial charge in [-0.1, -0.05) is 0 Å². The maximum absolute atomic E-state index is 10.4. The zero-order valence-electron chi connectivity index (χ0n) is 6.55. The molecule has 1 heterocycles. The molecule has 0 aromatic rings. The summed E-state index contributed by atoms with van der Waals surface area (Å²) in [6, 6.07) is 0. The summed E-state index contributed by atoms with van der Waals surface area (Å²) in [6.45, 7) is 4.66. The molecule has 3 heteroatoms. The lowest BCUT2D eigenvalue weighted by molar-refractivity contribution is -0.119. The van der Waals surface area contributed by atoms with Gasteiger partial charge in [-0.15, -0.1) is 0 Å². The monoisotopic (exact) mass is 142 g/mol. The summed E-state index contributed by atoms with van der Waals surface area (Å²) in [7, 11) is 2.09. The van der Waals surface area contributed by atoms with E-state index in [1.165, 1.54) is 0 Å². The molecular weight excluding hydrogens is 128 g/mol. The zero-order chi connectivity index (χ0) is 7.56. The predicted molar refractivity (Wildman–Crippen MR) is 39.7 cm³/mol. The highest BCUT2D eigenvalue weighted by Gasteiger charge is 2.22. The van der Waals surface area contributed by atoms with Crippen LogP contribution < -0.4 is 5.32 Å². The van der Waals surface area contributed by atoms with Crippen LogP contribution in [0.1, 0.15) is 6.92 Å². The molecule has 1 aliphatic rings. The third-order valence-electron chi connectivity index (χ3n) is 1.78. The second-order valence-electron chi connectivity index (χ2n) is 3.02. The van der Waals surface area contributed by atoms with Crippen LogP contribution in [0.15, 0.2) is 0 Å². The van der Waals surface area contributed by atoms with Crippen LogP contribution in [0.2, 0.25) is 0 Å². The van der Waals surface area contributed by atoms with Crippen molar-refractivity contribution in [2.75, 3.05) is 26.7 Å². The average Bonchev–Trinajstić information content (AvgIpc) is 1.77. The molecule has 0 saturated carbocycles. The SMILES string of the molecule is CC(=O)NCC1CN(C)C1. The summed E-state index contributed by atoms with van der Waals surface area (Å²) in [5.74, 6) is 0.767. The van der Waals surface area contributed by atoms with E-state index in [-0.39, 0.29) is 5.91 Å². The van der Waals surface area contributed by atoms with Gasteiger partial charge in [0.05, 0.1) is 0 Å². The third-order valence-corrected chi connectivity index (χ3v) is 1.78. The average molecular weight is 142 g/mol. The van der Waals surface area contributed by atoms with Gasteiger partial charge in [-0.25, -0.2) is 0 Å². The van der Waals surface area contributed by atoms with Gasteiger partial charge < -0.3 is 10.2 Å². The second kappa shape index (κ2) is 3.01. The second-order valence-corrected chi connectivity index (χ2v) is 3.02. The van der Waals surface area contributed by atoms with Gasteiger partial charge >= 0.3 is 0 Å². The summed E-state index contributed by atoms with van der Waals surface area (Å²) >= 11 is 0. The topological polar surface area (TPSA) is 32.3 Å². The molecule has 0 aromatic heterocycles. The summed E-state index contributed by atoms with van der Waals surface area (Å²) < 4.78 is 0. The van der Waals surface area contributed by atoms with E-state index < -0.39 is 0 Å². The minimum atomic E-state index is 0.0783. The highest BCUT2D eigenvalue weighted by Crippen LogP contribution is 2.10. The van der Waals surface area contributed by atoms with Gasteiger partial charge in [0.2, 0.25) is 5.91 Å². The Morgan fingerprint density at radius 2 is 2.30 bits per heavy atom. The van der Waals surface area contributed by atoms with E-state index in [2.05, 4.69) is 17.3 Å². The van der Waals surface area contributed by atoms with E-state index in [0.717, 1.165) is 19.6 Å². The van der Waals surface area contributed by atoms with Crippen LogP contribution in [0.25, 0.3) is 0 Å². The molecule has 1 N–H and O–H groups in total. The van der Waals surface area contributed by atoms with Gasteiger partial charge in [0, 0.05) is 32.5 Å². The summed E-state index contributed by atoms with van der Waals surface area (Å²) in [5.41, 5.74) is 0. The molecule has 1 rings (SSSR count). The van der Waals surface area contributed by atoms with Gasteiger partial charge in [-0.2, -0.15) is 0 Å². The molecule has 1 fully saturated rings. The molecule has 1 saturated heterocycles. The van der Waals surface area contributed by atoms with Crippen LogP contribution >= 0.6 is 0 Å². The lowest BCUT2D eigenvalue weighted by Crippen LogP contribution is -2.48. The lowest BCUT2D eigenvalue weighted by Gasteiger charge is -2.36. The van der Waals surface area contributed by atoms with E-state index in [9.17, 15) is 4.79 Å². The van der Waals surface area contributed by atoms with E-state index in [4.69, 9.17) is 0 Å². The Hall–Kier alpha value is -0.570. The number of hydrogen-bond donors (Lipinski definition) is 1. The largest absolute Gasteiger partial charge is 0.356 e. The van der Waals surface area contributed by atoms with Crippen molar-refractivity contribution >= 4 is 5.91 Å². The van der Waals surface area contributed by atoms with Crippen LogP contribution in [-0.2, 0) is 4.79 Å². The van der Waals surface area contributed by atoms with Crippen molar-refractivity contribution in [3.05, 3.63) is 0 Å². The van der Waals surface area contributed by atoms with E-state index >= 15 is 0 Å². The maximum atomic E-state index is 10.4. The predicted octanol–water partition coefficient (Wildman–Crippen LogP) is -0.316. The van der Waals surface area contributed by atoms with Crippen molar-refractivity contribution in [3.63, 3.8) is 0 Å². The number of nitrogens with one attached hydrogen (secondary N) is 1. The number of carbonyl (C=O) groups excluding carboxylic acids is 1. The van der Waals surface area contributed by atoms with Crippen LogP contribution in [-0.4, -0.2) is 37.5 Å². The lowest BCUT2D eigenvalue weighted by atomic mass is 10.0. The van der Waals surface area contributed by atoms with Gasteiger partial charge in [0.25, 0.3) is 0 Å². The molecule has 58 valence electrons. The molecule has 0 aliphatic carbocycles. The number of likely N-dealkylation sites (tertiary alicyclic amines) is 1. The first-order chi connectivity index (χ1) is 4.68. The highest BCUT2D eigenvalue weighted by molar-refractivity contribution is 5.72. The maximum Gasteiger partial charge on any atom is 0.216 e. The van der Waals surface area contributed by atoms with E-state index in [1.807, 2.05) is 0 Å². The molecule has 0 bridgehead atoms. The smallest absolute Gasteiger partial charge is 0.216 e. The third kappa shape index (κ3) is 1.99. The standard InChI is InChI=1S/C7H14N2O/c1-6(10)8-3-7-4-9(2)5-7/h7H,3-5H2,1-2H3,(H,8,10). The molecule has 10 heavy (non-hydrogen) atoms. The first-order valence-electron chi connectivity index (χ1n) is 3.61. The number of carbonyl (C=O) groups is 1. The molecule has 0 atom stereocenters. The van der Waals surface area contributed by atoms with Gasteiger partial charge in [-0.3, -0.25) is 4.79 Å². The van der Waals surface area contributed by atoms with Gasteiger partial charge in [0.1, 0.15) is 0 Å². The van der Waals surface area contributed by atoms with Crippen LogP contribution in [0.3, 0.4) is 0 Å². The molecule has 3 nitrogen and oxygen atoms in total. The highest BCUT2D eigenvalue weighted by atomic mass is 16.1. The normalized spacial score (nSPS) is 20.2. The molecule has 0 aromatic carbocycles. The first kappa shape index (κ1) is 7.54. The van der Waals surface area contributed by atoms with Crippen molar-refractivity contribution in [2.24, 2.45) is 5.92 Å². The fourth-order valence-electron chi connectivity index (χ4n) is 1.25. The molecule has 1 aliphatic heterocycles. The first-order valence-corrected chi connectivity index (χ1v) is 3.61. The zero-order valence-corrected chi connectivity index (χ0v) is 6.55. The number of hydrogen-bond acceptors (Lipinski definition) is 2. The Balaban J connectivity index is 2.00. The molecule has 0 radical (unpaired) electrons. The molecule has 0 unspecified atom stereocenters. The summed E-state index contributed by atoms with van der Waals surface area (Å²) in [6.07, 6.45) is 0. The quantitative estimate of drug-likeness (QED) is 0.573. The minimum Gasteiger partial charge on any atom is -0.356 e. The van der Waals surface area contributed by atoms with Crippen molar-refractivity contribution < 1.29 is 4.79 Å². The Morgan fingerprint density at radius 1 is 1.70 bits per heavy atom. The van der Waals surface area contributed by atoms with E-state index in [0.29, 0.717) is 5.92 Å². The van der Waals surface area contributed by atoms with Crippen molar-refractivity contribution in [1.82, 2.24) is 10.2 Å². The molecule has 0 spiro atoms. The fourth-order valence-corrected chi connectivity index (χ4v) is 1.25. The number of nitrogens with zero attached hydrogens (tertiary/aromatic N) is 1. The summed E-state index contributed by atoms with van der Waals surface area (Å²) in [4.78, 5) is 12.7. The Morgan fingerprint density at radius 3 is 2.70 bits per heavy atom. The number of rotatable bonds is 2. The Bertz CT molecular complexity index is 130. The van der Waals surface area contributed by atoms with Crippen LogP contribution in [0, 0.1) is 5.92 Å². The molecular formula is C7H14N2O. The van der Waals surface area contributed by atoms with Crippen LogP contribution in [0.5, 0.6) is 0 Å². The van der Waals surface area contributed by atoms with Gasteiger partial charge in [-0.05, 0) is 7.05 Å². The van der Waals surface area contributed by atoms with Gasteiger partial charge in [0.15, 0.2) is 0 Å². The van der Waals surface area contributed by atoms with Crippen molar-refractivity contribution in [3.8, 4) is 0 Å². The molecule has 1 amide bonds. The van der Waals surface area contributed by atoms with Crippen LogP contribution in [0.4, 0.5) is 0 Å². The van der Waals surface area contributed by atoms with Crippen molar-refractivity contribution in [2.45, 2.75) is 6.92 Å². The fraction of sp³-hybridized carbons (Fsp3) is 0.857. The summed E-state index contributed by atoms with van der Waals surface area (Å²) in [5, 5.41) is 2.80.